The molecule has 1 atom stereocenters. The number of carboxylic acids is 1. The van der Waals surface area contributed by atoms with Gasteiger partial charge in [0.2, 0.25) is 0 Å². The van der Waals surface area contributed by atoms with Gasteiger partial charge < -0.3 is 9.84 Å². The Morgan fingerprint density at radius 1 is 1.71 bits per heavy atom. The Labute approximate surface area is 118 Å². The minimum absolute atomic E-state index is 0.588. The van der Waals surface area contributed by atoms with Gasteiger partial charge in [-0.2, -0.15) is 0 Å². The van der Waals surface area contributed by atoms with Crippen LogP contribution in [0.5, 0.6) is 0 Å². The van der Waals surface area contributed by atoms with E-state index in [1.807, 2.05) is 11.4 Å². The highest BCUT2D eigenvalue weighted by Crippen LogP contribution is 2.42. The number of ether oxygens (including phenoxy) is 1. The van der Waals surface area contributed by atoms with Gasteiger partial charge in [0, 0.05) is 18.2 Å². The first kappa shape index (κ1) is 15.0. The van der Waals surface area contributed by atoms with E-state index in [1.165, 1.54) is 11.8 Å². The van der Waals surface area contributed by atoms with Crippen molar-refractivity contribution in [3.8, 4) is 0 Å². The second-order valence-corrected chi connectivity index (χ2v) is 7.33. The molecular formula is C11H15BrO3S2. The van der Waals surface area contributed by atoms with E-state index in [-0.39, 0.29) is 0 Å². The summed E-state index contributed by atoms with van der Waals surface area (Å²) in [6.07, 6.45) is 1.33. The topological polar surface area (TPSA) is 46.5 Å². The summed E-state index contributed by atoms with van der Waals surface area (Å²) in [6.45, 7) is 2.36. The van der Waals surface area contributed by atoms with Crippen LogP contribution in [0.1, 0.15) is 19.8 Å². The number of rotatable bonds is 7. The highest BCUT2D eigenvalue weighted by Gasteiger charge is 2.34. The van der Waals surface area contributed by atoms with Crippen molar-refractivity contribution in [2.75, 3.05) is 13.7 Å². The lowest BCUT2D eigenvalue weighted by molar-refractivity contribution is -0.139. The first-order chi connectivity index (χ1) is 7.99. The molecule has 0 aromatic carbocycles. The van der Waals surface area contributed by atoms with Gasteiger partial charge in [-0.3, -0.25) is 4.79 Å². The van der Waals surface area contributed by atoms with Crippen molar-refractivity contribution in [3.63, 3.8) is 0 Å². The fourth-order valence-corrected chi connectivity index (χ4v) is 4.47. The SMILES string of the molecule is COCCCC(C)(Sc1sccc1Br)C(=O)O. The van der Waals surface area contributed by atoms with Crippen LogP contribution in [-0.4, -0.2) is 29.5 Å². The second-order valence-electron chi connectivity index (χ2n) is 3.79. The number of thioether (sulfide) groups is 1. The average Bonchev–Trinajstić information content (AvgIpc) is 2.64. The molecule has 0 spiro atoms. The van der Waals surface area contributed by atoms with Crippen molar-refractivity contribution < 1.29 is 14.6 Å². The third-order valence-electron chi connectivity index (χ3n) is 2.36. The van der Waals surface area contributed by atoms with Gasteiger partial charge in [0.15, 0.2) is 0 Å². The van der Waals surface area contributed by atoms with Gasteiger partial charge in [0.05, 0.1) is 4.21 Å². The van der Waals surface area contributed by atoms with Crippen molar-refractivity contribution in [3.05, 3.63) is 15.9 Å². The van der Waals surface area contributed by atoms with Gasteiger partial charge in [0.1, 0.15) is 4.75 Å². The third kappa shape index (κ3) is 4.28. The summed E-state index contributed by atoms with van der Waals surface area (Å²) in [7, 11) is 1.63. The minimum atomic E-state index is -0.800. The van der Waals surface area contributed by atoms with Gasteiger partial charge in [-0.15, -0.1) is 11.3 Å². The zero-order valence-corrected chi connectivity index (χ0v) is 13.0. The Balaban J connectivity index is 2.71. The minimum Gasteiger partial charge on any atom is -0.480 e. The van der Waals surface area contributed by atoms with Crippen LogP contribution in [0.2, 0.25) is 0 Å². The monoisotopic (exact) mass is 338 g/mol. The molecule has 0 aliphatic rings. The molecule has 1 heterocycles. The molecule has 17 heavy (non-hydrogen) atoms. The van der Waals surface area contributed by atoms with Crippen LogP contribution in [0.4, 0.5) is 0 Å². The van der Waals surface area contributed by atoms with Crippen LogP contribution in [0.3, 0.4) is 0 Å². The van der Waals surface area contributed by atoms with E-state index in [0.717, 1.165) is 15.1 Å². The molecule has 1 rings (SSSR count). The zero-order valence-electron chi connectivity index (χ0n) is 9.73. The number of thiophene rings is 1. The smallest absolute Gasteiger partial charge is 0.319 e. The molecule has 0 saturated carbocycles. The average molecular weight is 339 g/mol. The number of hydrogen-bond acceptors (Lipinski definition) is 4. The maximum absolute atomic E-state index is 11.4. The maximum Gasteiger partial charge on any atom is 0.319 e. The van der Waals surface area contributed by atoms with E-state index in [9.17, 15) is 9.90 Å². The van der Waals surface area contributed by atoms with E-state index >= 15 is 0 Å². The first-order valence-corrected chi connectivity index (χ1v) is 7.63. The standard InChI is InChI=1S/C11H15BrO3S2/c1-11(10(13)14,5-3-6-15-2)17-9-8(12)4-7-16-9/h4,7H,3,5-6H2,1-2H3,(H,13,14). The molecule has 3 nitrogen and oxygen atoms in total. The van der Waals surface area contributed by atoms with Crippen molar-refractivity contribution in [2.45, 2.75) is 28.7 Å². The van der Waals surface area contributed by atoms with Crippen molar-refractivity contribution in [1.82, 2.24) is 0 Å². The van der Waals surface area contributed by atoms with Crippen LogP contribution in [0.25, 0.3) is 0 Å². The Kier molecular flexibility index (Phi) is 5.99. The molecule has 1 unspecified atom stereocenters. The molecule has 0 bridgehead atoms. The van der Waals surface area contributed by atoms with E-state index in [4.69, 9.17) is 4.74 Å². The molecule has 6 heteroatoms. The molecule has 0 fully saturated rings. The Morgan fingerprint density at radius 2 is 2.41 bits per heavy atom. The number of carboxylic acid groups (broad SMARTS) is 1. The van der Waals surface area contributed by atoms with Crippen molar-refractivity contribution in [2.24, 2.45) is 0 Å². The van der Waals surface area contributed by atoms with E-state index in [1.54, 1.807) is 25.4 Å². The second kappa shape index (κ2) is 6.78. The summed E-state index contributed by atoms with van der Waals surface area (Å²) in [5.74, 6) is -0.779. The van der Waals surface area contributed by atoms with Gasteiger partial charge in [-0.1, -0.05) is 11.8 Å². The Morgan fingerprint density at radius 3 is 2.88 bits per heavy atom. The molecule has 0 saturated heterocycles. The molecule has 0 aliphatic carbocycles. The lowest BCUT2D eigenvalue weighted by Crippen LogP contribution is -2.31. The molecule has 0 radical (unpaired) electrons. The lowest BCUT2D eigenvalue weighted by atomic mass is 10.1. The molecule has 96 valence electrons. The van der Waals surface area contributed by atoms with Crippen LogP contribution in [-0.2, 0) is 9.53 Å². The van der Waals surface area contributed by atoms with Gasteiger partial charge in [-0.25, -0.2) is 0 Å². The number of methoxy groups -OCH3 is 1. The van der Waals surface area contributed by atoms with Crippen molar-refractivity contribution in [1.29, 1.82) is 0 Å². The molecule has 1 aromatic heterocycles. The predicted molar refractivity (Wildman–Crippen MR) is 75.0 cm³/mol. The Hall–Kier alpha value is -0.0400. The summed E-state index contributed by atoms with van der Waals surface area (Å²) >= 11 is 6.38. The molecule has 1 N–H and O–H groups in total. The summed E-state index contributed by atoms with van der Waals surface area (Å²) in [5.41, 5.74) is 0. The van der Waals surface area contributed by atoms with Crippen LogP contribution >= 0.6 is 39.0 Å². The number of hydrogen-bond donors (Lipinski definition) is 1. The van der Waals surface area contributed by atoms with E-state index in [0.29, 0.717) is 13.0 Å². The fourth-order valence-electron chi connectivity index (χ4n) is 1.31. The summed E-state index contributed by atoms with van der Waals surface area (Å²) in [5, 5.41) is 11.3. The molecule has 0 amide bonds. The number of aliphatic carboxylic acids is 1. The van der Waals surface area contributed by atoms with Gasteiger partial charge >= 0.3 is 5.97 Å². The van der Waals surface area contributed by atoms with E-state index < -0.39 is 10.7 Å². The van der Waals surface area contributed by atoms with Gasteiger partial charge in [-0.05, 0) is 47.1 Å². The largest absolute Gasteiger partial charge is 0.480 e. The molecule has 0 aliphatic heterocycles. The van der Waals surface area contributed by atoms with Crippen LogP contribution in [0.15, 0.2) is 20.1 Å². The van der Waals surface area contributed by atoms with Gasteiger partial charge in [0.25, 0.3) is 0 Å². The summed E-state index contributed by atoms with van der Waals surface area (Å²) in [6, 6.07) is 1.93. The van der Waals surface area contributed by atoms with Crippen LogP contribution in [0, 0.1) is 0 Å². The van der Waals surface area contributed by atoms with E-state index in [2.05, 4.69) is 15.9 Å². The zero-order chi connectivity index (χ0) is 12.9. The predicted octanol–water partition coefficient (Wildman–Crippen LogP) is 3.87. The number of halogens is 1. The fraction of sp³-hybridized carbons (Fsp3) is 0.545. The lowest BCUT2D eigenvalue weighted by Gasteiger charge is -2.23. The maximum atomic E-state index is 11.4. The highest BCUT2D eigenvalue weighted by atomic mass is 79.9. The quantitative estimate of drug-likeness (QED) is 0.605. The first-order valence-electron chi connectivity index (χ1n) is 5.14. The summed E-state index contributed by atoms with van der Waals surface area (Å²) in [4.78, 5) is 11.4. The number of carbonyl (C=O) groups is 1. The summed E-state index contributed by atoms with van der Waals surface area (Å²) < 4.78 is 6.14. The molecule has 1 aromatic rings. The normalized spacial score (nSPS) is 14.5. The van der Waals surface area contributed by atoms with Crippen molar-refractivity contribution >= 4 is 45.0 Å². The van der Waals surface area contributed by atoms with Crippen LogP contribution < -0.4 is 0 Å². The highest BCUT2D eigenvalue weighted by molar-refractivity contribution is 9.10. The molecular weight excluding hydrogens is 324 g/mol. The third-order valence-corrected chi connectivity index (χ3v) is 6.02. The Bertz CT molecular complexity index is 381.